The van der Waals surface area contributed by atoms with Crippen molar-refractivity contribution in [3.8, 4) is 0 Å². The lowest BCUT2D eigenvalue weighted by Crippen LogP contribution is -2.63. The van der Waals surface area contributed by atoms with E-state index in [0.29, 0.717) is 6.42 Å². The van der Waals surface area contributed by atoms with Crippen LogP contribution < -0.4 is 0 Å². The molecule has 1 aromatic heterocycles. The van der Waals surface area contributed by atoms with Crippen molar-refractivity contribution in [1.29, 1.82) is 0 Å². The number of epoxide rings is 1. The molecule has 0 amide bonds. The molecule has 4 fully saturated rings. The summed E-state index contributed by atoms with van der Waals surface area (Å²) >= 11 is 6.15. The molecule has 0 bridgehead atoms. The standard InChI is InChI=1S/C27H29ClO6.C2H6/c1-15-11-19-18-7-6-16-12-17(29)8-9-24(16,2)27(18)22(33-27)13-25(19,3)26(15,21(30)14-28)34-23(31)20-5-4-10-32-20;1-2/h4-5,8-10,12,15,18-19,22H,6-7,11,13-14H2,1-3H3;1-2H3/t15-,18?,19?,22+,24+,25+,26+,27-;/m1./s1. The number of carbonyl (C=O) groups is 3. The summed E-state index contributed by atoms with van der Waals surface area (Å²) in [5.41, 5.74) is -1.56. The normalized spacial score (nSPS) is 43.6. The Morgan fingerprint density at radius 2 is 1.97 bits per heavy atom. The number of ether oxygens (including phenoxy) is 2. The van der Waals surface area contributed by atoms with Crippen LogP contribution in [-0.2, 0) is 19.1 Å². The minimum absolute atomic E-state index is 0.0335. The average Bonchev–Trinajstić information content (AvgIpc) is 3.23. The third-order valence-corrected chi connectivity index (χ3v) is 10.2. The number of rotatable bonds is 4. The number of halogens is 1. The molecular formula is C29H35ClO6. The highest BCUT2D eigenvalue weighted by Gasteiger charge is 2.82. The number of furan rings is 1. The first kappa shape index (κ1) is 25.5. The molecule has 0 aromatic carbocycles. The van der Waals surface area contributed by atoms with Crippen molar-refractivity contribution in [2.45, 2.75) is 77.6 Å². The van der Waals surface area contributed by atoms with Gasteiger partial charge in [-0.25, -0.2) is 4.79 Å². The topological polar surface area (TPSA) is 86.1 Å². The number of hydrogen-bond acceptors (Lipinski definition) is 6. The molecule has 5 aliphatic rings. The Morgan fingerprint density at radius 1 is 1.22 bits per heavy atom. The van der Waals surface area contributed by atoms with Crippen molar-refractivity contribution in [2.75, 3.05) is 5.88 Å². The molecule has 1 spiro atoms. The van der Waals surface area contributed by atoms with Crippen molar-refractivity contribution in [3.05, 3.63) is 48.0 Å². The number of fused-ring (bicyclic) bond motifs is 3. The third kappa shape index (κ3) is 2.97. The van der Waals surface area contributed by atoms with E-state index in [2.05, 4.69) is 13.8 Å². The fourth-order valence-corrected chi connectivity index (χ4v) is 8.73. The van der Waals surface area contributed by atoms with Gasteiger partial charge >= 0.3 is 5.97 Å². The van der Waals surface area contributed by atoms with Crippen LogP contribution in [0.15, 0.2) is 46.6 Å². The van der Waals surface area contributed by atoms with Gasteiger partial charge in [-0.1, -0.05) is 39.3 Å². The molecule has 1 saturated heterocycles. The lowest BCUT2D eigenvalue weighted by atomic mass is 9.46. The monoisotopic (exact) mass is 514 g/mol. The Bertz CT molecular complexity index is 1150. The van der Waals surface area contributed by atoms with Gasteiger partial charge in [0.2, 0.25) is 5.76 Å². The van der Waals surface area contributed by atoms with Crippen molar-refractivity contribution in [1.82, 2.24) is 0 Å². The second-order valence-corrected chi connectivity index (χ2v) is 11.4. The van der Waals surface area contributed by atoms with Gasteiger partial charge in [0, 0.05) is 16.7 Å². The minimum atomic E-state index is -1.35. The van der Waals surface area contributed by atoms with Crippen LogP contribution >= 0.6 is 11.6 Å². The highest BCUT2D eigenvalue weighted by molar-refractivity contribution is 6.29. The summed E-state index contributed by atoms with van der Waals surface area (Å²) in [6.45, 7) is 10.3. The van der Waals surface area contributed by atoms with Crippen LogP contribution in [-0.4, -0.2) is 40.7 Å². The fourth-order valence-electron chi connectivity index (χ4n) is 8.53. The highest BCUT2D eigenvalue weighted by atomic mass is 35.5. The van der Waals surface area contributed by atoms with E-state index in [1.807, 2.05) is 26.8 Å². The third-order valence-electron chi connectivity index (χ3n) is 9.99. The Kier molecular flexibility index (Phi) is 5.96. The fraction of sp³-hybridized carbons (Fsp3) is 0.621. The minimum Gasteiger partial charge on any atom is -0.457 e. The summed E-state index contributed by atoms with van der Waals surface area (Å²) in [5.74, 6) is -0.916. The van der Waals surface area contributed by atoms with Gasteiger partial charge in [-0.15, -0.1) is 11.6 Å². The van der Waals surface area contributed by atoms with Gasteiger partial charge in [0.1, 0.15) is 5.60 Å². The van der Waals surface area contributed by atoms with Crippen LogP contribution in [0.3, 0.4) is 0 Å². The van der Waals surface area contributed by atoms with Crippen LogP contribution in [0.5, 0.6) is 0 Å². The van der Waals surface area contributed by atoms with Crippen molar-refractivity contribution in [2.24, 2.45) is 28.6 Å². The van der Waals surface area contributed by atoms with Gasteiger partial charge in [0.15, 0.2) is 17.2 Å². The van der Waals surface area contributed by atoms with Gasteiger partial charge < -0.3 is 13.9 Å². The van der Waals surface area contributed by atoms with E-state index >= 15 is 0 Å². The molecule has 0 radical (unpaired) electrons. The second kappa shape index (κ2) is 8.42. The number of hydrogen-bond donors (Lipinski definition) is 0. The summed E-state index contributed by atoms with van der Waals surface area (Å²) in [6.07, 6.45) is 9.84. The zero-order valence-corrected chi connectivity index (χ0v) is 22.4. The first-order valence-corrected chi connectivity index (χ1v) is 13.7. The molecule has 1 aromatic rings. The van der Waals surface area contributed by atoms with Crippen LogP contribution in [0.2, 0.25) is 0 Å². The Labute approximate surface area is 217 Å². The van der Waals surface area contributed by atoms with Crippen molar-refractivity contribution < 1.29 is 28.3 Å². The van der Waals surface area contributed by atoms with E-state index in [4.69, 9.17) is 25.5 Å². The average molecular weight is 515 g/mol. The Hall–Kier alpha value is -2.18. The van der Waals surface area contributed by atoms with Gasteiger partial charge in [-0.2, -0.15) is 0 Å². The molecule has 2 unspecified atom stereocenters. The molecular weight excluding hydrogens is 480 g/mol. The van der Waals surface area contributed by atoms with E-state index < -0.39 is 17.0 Å². The predicted molar refractivity (Wildman–Crippen MR) is 135 cm³/mol. The van der Waals surface area contributed by atoms with Crippen LogP contribution in [0, 0.1) is 28.6 Å². The first-order chi connectivity index (χ1) is 17.1. The number of esters is 1. The highest BCUT2D eigenvalue weighted by Crippen LogP contribution is 2.77. The lowest BCUT2D eigenvalue weighted by Gasteiger charge is -2.56. The van der Waals surface area contributed by atoms with E-state index in [1.54, 1.807) is 24.3 Å². The van der Waals surface area contributed by atoms with Crippen LogP contribution in [0.25, 0.3) is 0 Å². The zero-order chi connectivity index (χ0) is 26.1. The van der Waals surface area contributed by atoms with E-state index in [1.165, 1.54) is 6.26 Å². The molecule has 7 heteroatoms. The Balaban J connectivity index is 0.00000130. The van der Waals surface area contributed by atoms with E-state index in [9.17, 15) is 14.4 Å². The quantitative estimate of drug-likeness (QED) is 0.291. The smallest absolute Gasteiger partial charge is 0.375 e. The zero-order valence-electron chi connectivity index (χ0n) is 21.6. The SMILES string of the molecule is CC.C[C@@H]1CC2C3CCC4=CC(=O)C=C[C@]4(C)[C@@]34O[C@H]4C[C@]2(C)[C@@]1(OC(=O)c1ccco1)C(=O)CCl. The molecule has 194 valence electrons. The van der Waals surface area contributed by atoms with Crippen molar-refractivity contribution >= 4 is 29.1 Å². The lowest BCUT2D eigenvalue weighted by molar-refractivity contribution is -0.162. The van der Waals surface area contributed by atoms with Crippen molar-refractivity contribution in [3.63, 3.8) is 0 Å². The largest absolute Gasteiger partial charge is 0.457 e. The summed E-state index contributed by atoms with van der Waals surface area (Å²) in [4.78, 5) is 38.8. The molecule has 3 saturated carbocycles. The summed E-state index contributed by atoms with van der Waals surface area (Å²) in [6, 6.07) is 3.17. The first-order valence-electron chi connectivity index (χ1n) is 13.1. The summed E-state index contributed by atoms with van der Waals surface area (Å²) in [5, 5.41) is 0. The summed E-state index contributed by atoms with van der Waals surface area (Å²) in [7, 11) is 0. The summed E-state index contributed by atoms with van der Waals surface area (Å²) < 4.78 is 18.0. The molecule has 2 heterocycles. The van der Waals surface area contributed by atoms with Crippen LogP contribution in [0.4, 0.5) is 0 Å². The second-order valence-electron chi connectivity index (χ2n) is 11.2. The number of Topliss-reactive ketones (excluding diaryl/α,β-unsaturated/α-hetero) is 1. The van der Waals surface area contributed by atoms with Gasteiger partial charge in [-0.3, -0.25) is 9.59 Å². The molecule has 8 atom stereocenters. The number of ketones is 2. The van der Waals surface area contributed by atoms with E-state index in [0.717, 1.165) is 24.8 Å². The number of alkyl halides is 1. The maximum absolute atomic E-state index is 13.6. The molecule has 0 N–H and O–H groups in total. The van der Waals surface area contributed by atoms with E-state index in [-0.39, 0.29) is 58.1 Å². The molecule has 1 aliphatic heterocycles. The number of carbonyl (C=O) groups excluding carboxylic acids is 3. The molecule has 6 rings (SSSR count). The molecule has 6 nitrogen and oxygen atoms in total. The molecule has 36 heavy (non-hydrogen) atoms. The van der Waals surface area contributed by atoms with Gasteiger partial charge in [0.25, 0.3) is 0 Å². The maximum atomic E-state index is 13.6. The van der Waals surface area contributed by atoms with Gasteiger partial charge in [0.05, 0.1) is 18.2 Å². The predicted octanol–water partition coefficient (Wildman–Crippen LogP) is 5.69. The van der Waals surface area contributed by atoms with Gasteiger partial charge in [-0.05, 0) is 68.7 Å². The van der Waals surface area contributed by atoms with Crippen LogP contribution in [0.1, 0.15) is 70.9 Å². The maximum Gasteiger partial charge on any atom is 0.375 e. The molecule has 4 aliphatic carbocycles. The Morgan fingerprint density at radius 3 is 2.64 bits per heavy atom. The number of allylic oxidation sites excluding steroid dienone is 2.